The molecule has 2 unspecified atom stereocenters. The van der Waals surface area contributed by atoms with Crippen LogP contribution in [0.15, 0.2) is 60.7 Å². The van der Waals surface area contributed by atoms with Crippen molar-refractivity contribution in [3.8, 4) is 11.5 Å². The second kappa shape index (κ2) is 8.55. The molecule has 8 heteroatoms. The SMILES string of the molecule is O=C(CCN1C(=O)C2CC=CCC2C1=O)Nc1nc2ccc(Oc3ccccc3)cc2s1. The molecule has 0 radical (unpaired) electrons. The van der Waals surface area contributed by atoms with E-state index >= 15 is 0 Å². The van der Waals surface area contributed by atoms with Gasteiger partial charge in [0.25, 0.3) is 0 Å². The number of benzene rings is 2. The van der Waals surface area contributed by atoms with Crippen molar-refractivity contribution < 1.29 is 19.1 Å². The van der Waals surface area contributed by atoms with Crippen molar-refractivity contribution in [3.63, 3.8) is 0 Å². The van der Waals surface area contributed by atoms with Crippen molar-refractivity contribution in [2.45, 2.75) is 19.3 Å². The Balaban J connectivity index is 1.20. The smallest absolute Gasteiger partial charge is 0.233 e. The van der Waals surface area contributed by atoms with Gasteiger partial charge < -0.3 is 10.1 Å². The molecule has 1 N–H and O–H groups in total. The minimum Gasteiger partial charge on any atom is -0.457 e. The van der Waals surface area contributed by atoms with Gasteiger partial charge in [-0.25, -0.2) is 4.98 Å². The number of likely N-dealkylation sites (tertiary alicyclic amines) is 1. The van der Waals surface area contributed by atoms with Crippen LogP contribution < -0.4 is 10.1 Å². The number of aromatic nitrogens is 1. The number of allylic oxidation sites excluding steroid dienone is 2. The lowest BCUT2D eigenvalue weighted by molar-refractivity contribution is -0.140. The highest BCUT2D eigenvalue weighted by Gasteiger charge is 2.46. The van der Waals surface area contributed by atoms with Crippen LogP contribution in [0.1, 0.15) is 19.3 Å². The van der Waals surface area contributed by atoms with E-state index in [2.05, 4.69) is 10.3 Å². The molecule has 1 saturated heterocycles. The molecule has 32 heavy (non-hydrogen) atoms. The zero-order valence-corrected chi connectivity index (χ0v) is 18.0. The third-order valence-corrected chi connectivity index (χ3v) is 6.68. The van der Waals surface area contributed by atoms with Gasteiger partial charge in [-0.05, 0) is 37.1 Å². The number of nitrogens with zero attached hydrogens (tertiary/aromatic N) is 2. The lowest BCUT2D eigenvalue weighted by Crippen LogP contribution is -2.34. The summed E-state index contributed by atoms with van der Waals surface area (Å²) in [4.78, 5) is 43.2. The number of carbonyl (C=O) groups excluding carboxylic acids is 3. The third-order valence-electron chi connectivity index (χ3n) is 5.75. The van der Waals surface area contributed by atoms with Gasteiger partial charge in [-0.2, -0.15) is 0 Å². The first kappa shape index (κ1) is 20.4. The number of hydrogen-bond donors (Lipinski definition) is 1. The summed E-state index contributed by atoms with van der Waals surface area (Å²) in [6.07, 6.45) is 5.14. The summed E-state index contributed by atoms with van der Waals surface area (Å²) in [5.41, 5.74) is 0.757. The number of fused-ring (bicyclic) bond motifs is 2. The quantitative estimate of drug-likeness (QED) is 0.448. The highest BCUT2D eigenvalue weighted by atomic mass is 32.1. The number of nitrogens with one attached hydrogen (secondary N) is 1. The summed E-state index contributed by atoms with van der Waals surface area (Å²) in [6, 6.07) is 15.1. The summed E-state index contributed by atoms with van der Waals surface area (Å²) < 4.78 is 6.73. The van der Waals surface area contributed by atoms with Gasteiger partial charge >= 0.3 is 0 Å². The lowest BCUT2D eigenvalue weighted by Gasteiger charge is -2.14. The van der Waals surface area contributed by atoms with Crippen molar-refractivity contribution in [2.24, 2.45) is 11.8 Å². The van der Waals surface area contributed by atoms with E-state index in [0.717, 1.165) is 16.0 Å². The minimum atomic E-state index is -0.279. The molecular formula is C24H21N3O4S. The van der Waals surface area contributed by atoms with Gasteiger partial charge in [0.15, 0.2) is 5.13 Å². The highest BCUT2D eigenvalue weighted by Crippen LogP contribution is 2.35. The first-order chi connectivity index (χ1) is 15.6. The van der Waals surface area contributed by atoms with E-state index in [9.17, 15) is 14.4 Å². The van der Waals surface area contributed by atoms with Gasteiger partial charge in [-0.3, -0.25) is 19.3 Å². The standard InChI is InChI=1S/C24H21N3O4S/c28-21(12-13-27-22(29)17-8-4-5-9-18(17)23(27)30)26-24-25-19-11-10-16(14-20(19)32-24)31-15-6-2-1-3-7-15/h1-7,10-11,14,17-18H,8-9,12-13H2,(H,25,26,28). The fourth-order valence-electron chi connectivity index (χ4n) is 4.13. The van der Waals surface area contributed by atoms with Gasteiger partial charge in [0.2, 0.25) is 17.7 Å². The zero-order valence-electron chi connectivity index (χ0n) is 17.2. The van der Waals surface area contributed by atoms with Crippen LogP contribution in [0.25, 0.3) is 10.2 Å². The van der Waals surface area contributed by atoms with E-state index in [1.807, 2.05) is 60.7 Å². The zero-order chi connectivity index (χ0) is 22.1. The summed E-state index contributed by atoms with van der Waals surface area (Å²) >= 11 is 1.35. The molecule has 3 amide bonds. The first-order valence-corrected chi connectivity index (χ1v) is 11.3. The molecule has 3 aromatic rings. The van der Waals surface area contributed by atoms with E-state index in [1.165, 1.54) is 16.2 Å². The Morgan fingerprint density at radius 1 is 1.03 bits per heavy atom. The van der Waals surface area contributed by atoms with E-state index < -0.39 is 0 Å². The summed E-state index contributed by atoms with van der Waals surface area (Å²) in [7, 11) is 0. The molecule has 2 heterocycles. The molecule has 1 aliphatic heterocycles. The third kappa shape index (κ3) is 4.01. The number of para-hydroxylation sites is 1. The first-order valence-electron chi connectivity index (χ1n) is 10.5. The molecule has 0 spiro atoms. The molecular weight excluding hydrogens is 426 g/mol. The average Bonchev–Trinajstić information content (AvgIpc) is 3.31. The number of thiazole rings is 1. The number of amides is 3. The molecule has 0 bridgehead atoms. The number of hydrogen-bond acceptors (Lipinski definition) is 6. The average molecular weight is 448 g/mol. The molecule has 5 rings (SSSR count). The van der Waals surface area contributed by atoms with Crippen molar-refractivity contribution in [1.29, 1.82) is 0 Å². The maximum atomic E-state index is 12.5. The van der Waals surface area contributed by atoms with Crippen molar-refractivity contribution >= 4 is 44.4 Å². The highest BCUT2D eigenvalue weighted by molar-refractivity contribution is 7.22. The molecule has 2 aliphatic rings. The maximum absolute atomic E-state index is 12.5. The number of imide groups is 1. The van der Waals surface area contributed by atoms with Crippen LogP contribution in [-0.2, 0) is 14.4 Å². The van der Waals surface area contributed by atoms with Crippen molar-refractivity contribution in [3.05, 3.63) is 60.7 Å². The predicted octanol–water partition coefficient (Wildman–Crippen LogP) is 4.37. The molecule has 162 valence electrons. The number of carbonyl (C=O) groups is 3. The fourth-order valence-corrected chi connectivity index (χ4v) is 5.04. The molecule has 1 aromatic heterocycles. The Morgan fingerprint density at radius 2 is 1.75 bits per heavy atom. The summed E-state index contributed by atoms with van der Waals surface area (Å²) in [5, 5.41) is 3.25. The largest absolute Gasteiger partial charge is 0.457 e. The van der Waals surface area contributed by atoms with Crippen LogP contribution in [0.3, 0.4) is 0 Å². The van der Waals surface area contributed by atoms with Crippen LogP contribution in [-0.4, -0.2) is 34.2 Å². The molecule has 0 saturated carbocycles. The van der Waals surface area contributed by atoms with Gasteiger partial charge in [0.05, 0.1) is 22.1 Å². The second-order valence-electron chi connectivity index (χ2n) is 7.85. The minimum absolute atomic E-state index is 0.0443. The lowest BCUT2D eigenvalue weighted by atomic mass is 9.85. The topological polar surface area (TPSA) is 88.6 Å². The Kier molecular flexibility index (Phi) is 5.45. The molecule has 2 aromatic carbocycles. The number of rotatable bonds is 6. The maximum Gasteiger partial charge on any atom is 0.233 e. The normalized spacial score (nSPS) is 19.9. The Hall–Kier alpha value is -3.52. The van der Waals surface area contributed by atoms with Crippen LogP contribution in [0.2, 0.25) is 0 Å². The van der Waals surface area contributed by atoms with E-state index in [4.69, 9.17) is 4.74 Å². The Bertz CT molecular complexity index is 1190. The van der Waals surface area contributed by atoms with Gasteiger partial charge in [0.1, 0.15) is 11.5 Å². The molecule has 1 aliphatic carbocycles. The van der Waals surface area contributed by atoms with Crippen LogP contribution in [0, 0.1) is 11.8 Å². The number of ether oxygens (including phenoxy) is 1. The summed E-state index contributed by atoms with van der Waals surface area (Å²) in [6.45, 7) is 0.0937. The summed E-state index contributed by atoms with van der Waals surface area (Å²) in [5.74, 6) is 0.280. The van der Waals surface area contributed by atoms with E-state index in [-0.39, 0.29) is 42.5 Å². The molecule has 1 fully saturated rings. The van der Waals surface area contributed by atoms with Gasteiger partial charge in [-0.15, -0.1) is 0 Å². The Labute approximate surface area is 188 Å². The predicted molar refractivity (Wildman–Crippen MR) is 121 cm³/mol. The van der Waals surface area contributed by atoms with Gasteiger partial charge in [0, 0.05) is 19.0 Å². The van der Waals surface area contributed by atoms with Crippen LogP contribution in [0.4, 0.5) is 5.13 Å². The molecule has 7 nitrogen and oxygen atoms in total. The molecule has 2 atom stereocenters. The fraction of sp³-hybridized carbons (Fsp3) is 0.250. The van der Waals surface area contributed by atoms with Crippen molar-refractivity contribution in [1.82, 2.24) is 9.88 Å². The van der Waals surface area contributed by atoms with Crippen LogP contribution in [0.5, 0.6) is 11.5 Å². The Morgan fingerprint density at radius 3 is 2.47 bits per heavy atom. The van der Waals surface area contributed by atoms with Gasteiger partial charge in [-0.1, -0.05) is 41.7 Å². The van der Waals surface area contributed by atoms with Crippen molar-refractivity contribution in [2.75, 3.05) is 11.9 Å². The van der Waals surface area contributed by atoms with Crippen LogP contribution >= 0.6 is 11.3 Å². The van der Waals surface area contributed by atoms with E-state index in [0.29, 0.717) is 23.7 Å². The number of anilines is 1. The second-order valence-corrected chi connectivity index (χ2v) is 8.88. The monoisotopic (exact) mass is 447 g/mol. The van der Waals surface area contributed by atoms with E-state index in [1.54, 1.807) is 0 Å².